The van der Waals surface area contributed by atoms with Gasteiger partial charge in [0, 0.05) is 24.5 Å². The first-order valence-electron chi connectivity index (χ1n) is 9.93. The molecule has 1 amide bonds. The Morgan fingerprint density at radius 2 is 1.77 bits per heavy atom. The van der Waals surface area contributed by atoms with Crippen LogP contribution in [0.1, 0.15) is 30.0 Å². The minimum absolute atomic E-state index is 0.0630. The summed E-state index contributed by atoms with van der Waals surface area (Å²) in [6.07, 6.45) is 1.53. The minimum Gasteiger partial charge on any atom is -0.421 e. The summed E-state index contributed by atoms with van der Waals surface area (Å²) >= 11 is 0. The molecule has 30 heavy (non-hydrogen) atoms. The fourth-order valence-corrected chi connectivity index (χ4v) is 3.18. The van der Waals surface area contributed by atoms with Gasteiger partial charge in [-0.1, -0.05) is 48.5 Å². The van der Waals surface area contributed by atoms with Crippen molar-refractivity contribution in [2.45, 2.75) is 32.7 Å². The number of amides is 1. The molecule has 2 aromatic heterocycles. The molecule has 0 spiro atoms. The highest BCUT2D eigenvalue weighted by atomic mass is 16.4. The van der Waals surface area contributed by atoms with E-state index >= 15 is 0 Å². The molecule has 7 heteroatoms. The number of benzene rings is 2. The summed E-state index contributed by atoms with van der Waals surface area (Å²) in [6.45, 7) is 2.52. The van der Waals surface area contributed by atoms with Gasteiger partial charge < -0.3 is 9.73 Å². The summed E-state index contributed by atoms with van der Waals surface area (Å²) in [5.74, 6) is 1.67. The Morgan fingerprint density at radius 1 is 1.03 bits per heavy atom. The van der Waals surface area contributed by atoms with Crippen LogP contribution in [0.2, 0.25) is 0 Å². The van der Waals surface area contributed by atoms with Crippen molar-refractivity contribution < 1.29 is 9.21 Å². The number of aryl methyl sites for hydroxylation is 2. The van der Waals surface area contributed by atoms with Gasteiger partial charge in [0.2, 0.25) is 17.7 Å². The van der Waals surface area contributed by atoms with E-state index in [1.165, 1.54) is 0 Å². The van der Waals surface area contributed by atoms with Crippen molar-refractivity contribution in [2.24, 2.45) is 0 Å². The Balaban J connectivity index is 1.30. The van der Waals surface area contributed by atoms with Gasteiger partial charge in [-0.15, -0.1) is 10.2 Å². The summed E-state index contributed by atoms with van der Waals surface area (Å²) in [6, 6.07) is 21.5. The fraction of sp³-hybridized carbons (Fsp3) is 0.217. The standard InChI is InChI=1S/C23H23N5O2/c1-17-15-20(28(27-17)16-18-9-4-2-5-10-18)24-21(29)13-8-14-22-25-26-23(30-22)19-11-6-3-7-12-19/h2-7,9-12,15H,8,13-14,16H2,1H3,(H,24,29). The number of nitrogens with one attached hydrogen (secondary N) is 1. The molecule has 1 N–H and O–H groups in total. The second-order valence-corrected chi connectivity index (χ2v) is 7.08. The van der Waals surface area contributed by atoms with Crippen LogP contribution in [0, 0.1) is 6.92 Å². The number of aromatic nitrogens is 4. The van der Waals surface area contributed by atoms with Gasteiger partial charge in [-0.25, -0.2) is 4.68 Å². The third-order valence-corrected chi connectivity index (χ3v) is 4.63. The average Bonchev–Trinajstić information content (AvgIpc) is 3.36. The lowest BCUT2D eigenvalue weighted by Crippen LogP contribution is -2.16. The molecule has 0 fully saturated rings. The maximum absolute atomic E-state index is 12.4. The van der Waals surface area contributed by atoms with Gasteiger partial charge in [0.15, 0.2) is 0 Å². The zero-order chi connectivity index (χ0) is 20.8. The quantitative estimate of drug-likeness (QED) is 0.477. The van der Waals surface area contributed by atoms with Gasteiger partial charge in [0.1, 0.15) is 5.82 Å². The molecular formula is C23H23N5O2. The van der Waals surface area contributed by atoms with Crippen molar-refractivity contribution in [3.8, 4) is 11.5 Å². The number of hydrogen-bond acceptors (Lipinski definition) is 5. The van der Waals surface area contributed by atoms with Gasteiger partial charge in [0.25, 0.3) is 0 Å². The Kier molecular flexibility index (Phi) is 5.98. The van der Waals surface area contributed by atoms with E-state index in [-0.39, 0.29) is 5.91 Å². The number of carbonyl (C=O) groups is 1. The molecule has 0 aliphatic rings. The van der Waals surface area contributed by atoms with Crippen LogP contribution in [-0.2, 0) is 17.8 Å². The average molecular weight is 401 g/mol. The zero-order valence-corrected chi connectivity index (χ0v) is 16.8. The van der Waals surface area contributed by atoms with Crippen LogP contribution in [0.3, 0.4) is 0 Å². The number of anilines is 1. The van der Waals surface area contributed by atoms with E-state index in [1.807, 2.05) is 78.3 Å². The van der Waals surface area contributed by atoms with E-state index in [9.17, 15) is 4.79 Å². The van der Waals surface area contributed by atoms with Crippen molar-refractivity contribution >= 4 is 11.7 Å². The van der Waals surface area contributed by atoms with Crippen molar-refractivity contribution in [1.82, 2.24) is 20.0 Å². The fourth-order valence-electron chi connectivity index (χ4n) is 3.18. The largest absolute Gasteiger partial charge is 0.421 e. The molecule has 0 saturated carbocycles. The van der Waals surface area contributed by atoms with Gasteiger partial charge >= 0.3 is 0 Å². The number of hydrogen-bond donors (Lipinski definition) is 1. The Morgan fingerprint density at radius 3 is 2.53 bits per heavy atom. The van der Waals surface area contributed by atoms with Gasteiger partial charge in [-0.3, -0.25) is 4.79 Å². The van der Waals surface area contributed by atoms with Crippen LogP contribution in [-0.4, -0.2) is 25.9 Å². The van der Waals surface area contributed by atoms with E-state index < -0.39 is 0 Å². The zero-order valence-electron chi connectivity index (χ0n) is 16.8. The monoisotopic (exact) mass is 401 g/mol. The SMILES string of the molecule is Cc1cc(NC(=O)CCCc2nnc(-c3ccccc3)o2)n(Cc2ccccc2)n1. The molecule has 4 aromatic rings. The Bertz CT molecular complexity index is 1100. The lowest BCUT2D eigenvalue weighted by Gasteiger charge is -2.09. The maximum atomic E-state index is 12.4. The van der Waals surface area contributed by atoms with Crippen LogP contribution in [0.4, 0.5) is 5.82 Å². The molecule has 0 aliphatic heterocycles. The lowest BCUT2D eigenvalue weighted by atomic mass is 10.2. The third-order valence-electron chi connectivity index (χ3n) is 4.63. The minimum atomic E-state index is -0.0630. The van der Waals surface area contributed by atoms with Crippen molar-refractivity contribution in [3.63, 3.8) is 0 Å². The predicted molar refractivity (Wildman–Crippen MR) is 114 cm³/mol. The first kappa shape index (κ1) is 19.6. The number of nitrogens with zero attached hydrogens (tertiary/aromatic N) is 4. The molecule has 0 radical (unpaired) electrons. The maximum Gasteiger partial charge on any atom is 0.247 e. The van der Waals surface area contributed by atoms with Gasteiger partial charge in [0.05, 0.1) is 12.2 Å². The highest BCUT2D eigenvalue weighted by Gasteiger charge is 2.12. The molecule has 4 rings (SSSR count). The molecule has 152 valence electrons. The van der Waals surface area contributed by atoms with Crippen molar-refractivity contribution in [1.29, 1.82) is 0 Å². The molecule has 0 saturated heterocycles. The number of rotatable bonds is 8. The molecule has 0 aliphatic carbocycles. The summed E-state index contributed by atoms with van der Waals surface area (Å²) in [4.78, 5) is 12.4. The van der Waals surface area contributed by atoms with Crippen LogP contribution < -0.4 is 5.32 Å². The van der Waals surface area contributed by atoms with E-state index in [2.05, 4.69) is 20.6 Å². The van der Waals surface area contributed by atoms with Gasteiger partial charge in [-0.2, -0.15) is 5.10 Å². The molecule has 0 bridgehead atoms. The topological polar surface area (TPSA) is 85.8 Å². The van der Waals surface area contributed by atoms with Crippen molar-refractivity contribution in [2.75, 3.05) is 5.32 Å². The lowest BCUT2D eigenvalue weighted by molar-refractivity contribution is -0.116. The third kappa shape index (κ3) is 5.00. The van der Waals surface area contributed by atoms with E-state index in [1.54, 1.807) is 0 Å². The predicted octanol–water partition coefficient (Wildman–Crippen LogP) is 4.25. The van der Waals surface area contributed by atoms with Crippen LogP contribution in [0.15, 0.2) is 71.1 Å². The summed E-state index contributed by atoms with van der Waals surface area (Å²) in [5, 5.41) is 15.6. The highest BCUT2D eigenvalue weighted by molar-refractivity contribution is 5.89. The van der Waals surface area contributed by atoms with E-state index in [0.29, 0.717) is 43.4 Å². The second-order valence-electron chi connectivity index (χ2n) is 7.08. The van der Waals surface area contributed by atoms with Crippen LogP contribution in [0.5, 0.6) is 0 Å². The van der Waals surface area contributed by atoms with E-state index in [4.69, 9.17) is 4.42 Å². The normalized spacial score (nSPS) is 10.8. The molecule has 7 nitrogen and oxygen atoms in total. The highest BCUT2D eigenvalue weighted by Crippen LogP contribution is 2.18. The Hall–Kier alpha value is -3.74. The first-order chi connectivity index (χ1) is 14.7. The number of carbonyl (C=O) groups excluding carboxylic acids is 1. The summed E-state index contributed by atoms with van der Waals surface area (Å²) < 4.78 is 7.50. The van der Waals surface area contributed by atoms with Crippen LogP contribution >= 0.6 is 0 Å². The van der Waals surface area contributed by atoms with Gasteiger partial charge in [-0.05, 0) is 31.0 Å². The van der Waals surface area contributed by atoms with Crippen LogP contribution in [0.25, 0.3) is 11.5 Å². The smallest absolute Gasteiger partial charge is 0.247 e. The molecular weight excluding hydrogens is 378 g/mol. The molecule has 2 aromatic carbocycles. The summed E-state index contributed by atoms with van der Waals surface area (Å²) in [7, 11) is 0. The summed E-state index contributed by atoms with van der Waals surface area (Å²) in [5.41, 5.74) is 2.87. The molecule has 0 atom stereocenters. The second kappa shape index (κ2) is 9.17. The van der Waals surface area contributed by atoms with E-state index in [0.717, 1.165) is 16.8 Å². The van der Waals surface area contributed by atoms with Crippen molar-refractivity contribution in [3.05, 3.63) is 83.9 Å². The molecule has 2 heterocycles. The Labute approximate surface area is 174 Å². The first-order valence-corrected chi connectivity index (χ1v) is 9.93. The molecule has 0 unspecified atom stereocenters.